The number of carbonyl (C=O) groups excluding carboxylic acids is 3. The largest absolute Gasteiger partial charge is 0.466 e. The maximum atomic E-state index is 12.7. The molecular weight excluding hydrogens is 352 g/mol. The van der Waals surface area contributed by atoms with Gasteiger partial charge in [-0.3, -0.25) is 14.4 Å². The molecule has 0 aromatic rings. The molecule has 0 radical (unpaired) electrons. The number of carbonyl (C=O) groups is 3. The lowest BCUT2D eigenvalue weighted by molar-refractivity contribution is -0.141. The molecule has 154 valence electrons. The average Bonchev–Trinajstić information content (AvgIpc) is 2.95. The van der Waals surface area contributed by atoms with E-state index in [-0.39, 0.29) is 16.8 Å². The van der Waals surface area contributed by atoms with E-state index in [4.69, 9.17) is 4.74 Å². The first-order valence-electron chi connectivity index (χ1n) is 11.2. The molecule has 28 heavy (non-hydrogen) atoms. The molecule has 0 bridgehead atoms. The number of Topliss-reactive ketones (excluding diaryl/α,β-unsaturated/α-hetero) is 2. The van der Waals surface area contributed by atoms with Gasteiger partial charge in [0.2, 0.25) is 0 Å². The molecule has 4 aliphatic rings. The van der Waals surface area contributed by atoms with Crippen LogP contribution in [0.5, 0.6) is 0 Å². The Morgan fingerprint density at radius 3 is 2.50 bits per heavy atom. The molecule has 0 amide bonds. The van der Waals surface area contributed by atoms with Gasteiger partial charge in [-0.15, -0.1) is 0 Å². The van der Waals surface area contributed by atoms with Crippen molar-refractivity contribution in [1.29, 1.82) is 0 Å². The highest BCUT2D eigenvalue weighted by molar-refractivity contribution is 5.97. The first-order valence-corrected chi connectivity index (χ1v) is 11.2. The second-order valence-electron chi connectivity index (χ2n) is 10.1. The standard InChI is InChI=1S/C24H34O4/c1-15(25)28-14-4-5-17-19-7-6-16-18-8-9-22(27)24(18,3)12-10-20(16)23(19,2)13-11-21(17)26/h16,18,20H,4-14H2,1-3H3/t16-,18-,20+,23-,24-/m0/s1. The Labute approximate surface area is 168 Å². The number of esters is 1. The van der Waals surface area contributed by atoms with E-state index in [0.29, 0.717) is 42.3 Å². The second-order valence-corrected chi connectivity index (χ2v) is 10.1. The summed E-state index contributed by atoms with van der Waals surface area (Å²) < 4.78 is 5.08. The van der Waals surface area contributed by atoms with Crippen LogP contribution in [-0.2, 0) is 19.1 Å². The third-order valence-electron chi connectivity index (χ3n) is 8.83. The summed E-state index contributed by atoms with van der Waals surface area (Å²) in [5, 5.41) is 0. The van der Waals surface area contributed by atoms with Crippen LogP contribution < -0.4 is 0 Å². The molecule has 0 heterocycles. The summed E-state index contributed by atoms with van der Waals surface area (Å²) in [5.41, 5.74) is 2.47. The highest BCUT2D eigenvalue weighted by Crippen LogP contribution is 2.65. The zero-order valence-corrected chi connectivity index (χ0v) is 17.6. The Kier molecular flexibility index (Phi) is 5.04. The molecule has 3 fully saturated rings. The van der Waals surface area contributed by atoms with Gasteiger partial charge in [0.25, 0.3) is 0 Å². The summed E-state index contributed by atoms with van der Waals surface area (Å²) in [6.45, 7) is 6.44. The molecule has 0 unspecified atom stereocenters. The molecule has 0 spiro atoms. The molecule has 0 aromatic carbocycles. The van der Waals surface area contributed by atoms with E-state index >= 15 is 0 Å². The van der Waals surface area contributed by atoms with Crippen molar-refractivity contribution >= 4 is 17.5 Å². The molecule has 4 rings (SSSR count). The molecule has 0 aliphatic heterocycles. The van der Waals surface area contributed by atoms with Crippen LogP contribution in [0, 0.1) is 28.6 Å². The third-order valence-corrected chi connectivity index (χ3v) is 8.83. The van der Waals surface area contributed by atoms with Crippen LogP contribution >= 0.6 is 0 Å². The fourth-order valence-corrected chi connectivity index (χ4v) is 7.35. The fraction of sp³-hybridized carbons (Fsp3) is 0.792. The molecule has 4 nitrogen and oxygen atoms in total. The quantitative estimate of drug-likeness (QED) is 0.514. The monoisotopic (exact) mass is 386 g/mol. The van der Waals surface area contributed by atoms with Gasteiger partial charge < -0.3 is 4.74 Å². The van der Waals surface area contributed by atoms with Crippen molar-refractivity contribution in [2.45, 2.75) is 85.0 Å². The highest BCUT2D eigenvalue weighted by Gasteiger charge is 2.59. The lowest BCUT2D eigenvalue weighted by atomic mass is 9.47. The number of fused-ring (bicyclic) bond motifs is 5. The van der Waals surface area contributed by atoms with Crippen LogP contribution in [0.3, 0.4) is 0 Å². The Morgan fingerprint density at radius 2 is 1.75 bits per heavy atom. The molecule has 4 aliphatic carbocycles. The Morgan fingerprint density at radius 1 is 1.00 bits per heavy atom. The minimum atomic E-state index is -0.255. The topological polar surface area (TPSA) is 60.4 Å². The molecule has 5 atom stereocenters. The summed E-state index contributed by atoms with van der Waals surface area (Å²) in [6, 6.07) is 0. The van der Waals surface area contributed by atoms with Crippen LogP contribution in [0.2, 0.25) is 0 Å². The lowest BCUT2D eigenvalue weighted by Gasteiger charge is -2.57. The Hall–Kier alpha value is -1.45. The summed E-state index contributed by atoms with van der Waals surface area (Å²) in [6.07, 6.45) is 9.19. The van der Waals surface area contributed by atoms with Crippen molar-refractivity contribution in [3.63, 3.8) is 0 Å². The number of ether oxygens (including phenoxy) is 1. The third kappa shape index (κ3) is 2.98. The van der Waals surface area contributed by atoms with Crippen LogP contribution in [-0.4, -0.2) is 24.1 Å². The lowest BCUT2D eigenvalue weighted by Crippen LogP contribution is -2.51. The predicted molar refractivity (Wildman–Crippen MR) is 107 cm³/mol. The van der Waals surface area contributed by atoms with Gasteiger partial charge in [-0.1, -0.05) is 19.4 Å². The Bertz CT molecular complexity index is 735. The zero-order valence-electron chi connectivity index (χ0n) is 17.6. The number of rotatable bonds is 4. The summed E-state index contributed by atoms with van der Waals surface area (Å²) >= 11 is 0. The molecule has 0 N–H and O–H groups in total. The molecule has 0 aromatic heterocycles. The van der Waals surface area contributed by atoms with E-state index in [1.807, 2.05) is 0 Å². The van der Waals surface area contributed by atoms with E-state index in [0.717, 1.165) is 63.4 Å². The van der Waals surface area contributed by atoms with Gasteiger partial charge in [-0.05, 0) is 80.1 Å². The molecule has 3 saturated carbocycles. The first kappa shape index (κ1) is 19.8. The van der Waals surface area contributed by atoms with Crippen molar-refractivity contribution in [3.05, 3.63) is 11.1 Å². The van der Waals surface area contributed by atoms with Crippen LogP contribution in [0.4, 0.5) is 0 Å². The van der Waals surface area contributed by atoms with Crippen LogP contribution in [0.25, 0.3) is 0 Å². The Balaban J connectivity index is 1.58. The summed E-state index contributed by atoms with van der Waals surface area (Å²) in [4.78, 5) is 36.3. The van der Waals surface area contributed by atoms with Gasteiger partial charge in [-0.2, -0.15) is 0 Å². The maximum Gasteiger partial charge on any atom is 0.302 e. The predicted octanol–water partition coefficient (Wildman–Crippen LogP) is 4.80. The van der Waals surface area contributed by atoms with Gasteiger partial charge in [0.1, 0.15) is 5.78 Å². The second kappa shape index (κ2) is 7.11. The SMILES string of the molecule is CC(=O)OCCCC1=C2CC[C@@H]3[C@@H](CC[C@]4(C)C(=O)CC[C@@H]34)[C@@]2(C)CCC1=O. The van der Waals surface area contributed by atoms with E-state index in [9.17, 15) is 14.4 Å². The normalized spacial score (nSPS) is 40.0. The van der Waals surface area contributed by atoms with Crippen molar-refractivity contribution < 1.29 is 19.1 Å². The van der Waals surface area contributed by atoms with Crippen molar-refractivity contribution in [3.8, 4) is 0 Å². The average molecular weight is 387 g/mol. The molecule has 4 heteroatoms. The van der Waals surface area contributed by atoms with Crippen molar-refractivity contribution in [2.24, 2.45) is 28.6 Å². The van der Waals surface area contributed by atoms with Gasteiger partial charge in [0.15, 0.2) is 5.78 Å². The van der Waals surface area contributed by atoms with Crippen molar-refractivity contribution in [1.82, 2.24) is 0 Å². The smallest absolute Gasteiger partial charge is 0.302 e. The van der Waals surface area contributed by atoms with Crippen molar-refractivity contribution in [2.75, 3.05) is 6.61 Å². The number of ketones is 2. The van der Waals surface area contributed by atoms with Crippen LogP contribution in [0.1, 0.15) is 85.0 Å². The number of allylic oxidation sites excluding steroid dienone is 1. The van der Waals surface area contributed by atoms with Crippen LogP contribution in [0.15, 0.2) is 11.1 Å². The van der Waals surface area contributed by atoms with Gasteiger partial charge in [0, 0.05) is 25.2 Å². The van der Waals surface area contributed by atoms with E-state index < -0.39 is 0 Å². The van der Waals surface area contributed by atoms with E-state index in [1.165, 1.54) is 12.5 Å². The summed E-state index contributed by atoms with van der Waals surface area (Å²) in [7, 11) is 0. The molecular formula is C24H34O4. The minimum absolute atomic E-state index is 0.0872. The fourth-order valence-electron chi connectivity index (χ4n) is 7.35. The first-order chi connectivity index (χ1) is 13.3. The molecule has 0 saturated heterocycles. The zero-order chi connectivity index (χ0) is 20.1. The number of hydrogen-bond acceptors (Lipinski definition) is 4. The summed E-state index contributed by atoms with van der Waals surface area (Å²) in [5.74, 6) is 2.33. The highest BCUT2D eigenvalue weighted by atomic mass is 16.5. The maximum absolute atomic E-state index is 12.7. The van der Waals surface area contributed by atoms with E-state index in [1.54, 1.807) is 0 Å². The van der Waals surface area contributed by atoms with Gasteiger partial charge in [0.05, 0.1) is 6.61 Å². The van der Waals surface area contributed by atoms with Gasteiger partial charge >= 0.3 is 5.97 Å². The minimum Gasteiger partial charge on any atom is -0.466 e. The van der Waals surface area contributed by atoms with Gasteiger partial charge in [-0.25, -0.2) is 0 Å². The number of hydrogen-bond donors (Lipinski definition) is 0. The van der Waals surface area contributed by atoms with E-state index in [2.05, 4.69) is 13.8 Å².